The van der Waals surface area contributed by atoms with Gasteiger partial charge in [-0.3, -0.25) is 4.79 Å². The summed E-state index contributed by atoms with van der Waals surface area (Å²) in [5.74, 6) is 2.69. The Kier molecular flexibility index (Phi) is 5.23. The minimum Gasteiger partial charge on any atom is -0.356 e. The SMILES string of the molecule is CNCCCNC(=O)C1CCSC1. The summed E-state index contributed by atoms with van der Waals surface area (Å²) in [7, 11) is 1.93. The zero-order chi connectivity index (χ0) is 9.52. The van der Waals surface area contributed by atoms with E-state index in [1.54, 1.807) is 0 Å². The minimum absolute atomic E-state index is 0.251. The van der Waals surface area contributed by atoms with Crippen molar-refractivity contribution < 1.29 is 4.79 Å². The summed E-state index contributed by atoms with van der Waals surface area (Å²) < 4.78 is 0. The van der Waals surface area contributed by atoms with Crippen molar-refractivity contribution in [1.82, 2.24) is 10.6 Å². The molecule has 0 aromatic carbocycles. The lowest BCUT2D eigenvalue weighted by molar-refractivity contribution is -0.124. The first-order valence-electron chi connectivity index (χ1n) is 4.84. The van der Waals surface area contributed by atoms with Crippen molar-refractivity contribution in [1.29, 1.82) is 0 Å². The van der Waals surface area contributed by atoms with E-state index in [1.807, 2.05) is 18.8 Å². The highest BCUT2D eigenvalue weighted by atomic mass is 32.2. The van der Waals surface area contributed by atoms with Crippen LogP contribution in [0.15, 0.2) is 0 Å². The molecule has 1 fully saturated rings. The van der Waals surface area contributed by atoms with E-state index in [0.29, 0.717) is 0 Å². The predicted molar refractivity (Wildman–Crippen MR) is 57.0 cm³/mol. The largest absolute Gasteiger partial charge is 0.356 e. The van der Waals surface area contributed by atoms with Gasteiger partial charge in [0.05, 0.1) is 0 Å². The summed E-state index contributed by atoms with van der Waals surface area (Å²) in [6, 6.07) is 0. The maximum atomic E-state index is 11.5. The van der Waals surface area contributed by atoms with Crippen molar-refractivity contribution in [2.75, 3.05) is 31.6 Å². The highest BCUT2D eigenvalue weighted by Crippen LogP contribution is 2.23. The Labute approximate surface area is 84.0 Å². The molecule has 1 saturated heterocycles. The lowest BCUT2D eigenvalue weighted by Crippen LogP contribution is -2.32. The molecule has 0 radical (unpaired) electrons. The van der Waals surface area contributed by atoms with E-state index in [1.165, 1.54) is 0 Å². The molecule has 1 atom stereocenters. The maximum absolute atomic E-state index is 11.5. The maximum Gasteiger partial charge on any atom is 0.223 e. The Bertz CT molecular complexity index is 158. The molecule has 0 aliphatic carbocycles. The molecule has 0 aromatic heterocycles. The van der Waals surface area contributed by atoms with Gasteiger partial charge in [0.2, 0.25) is 5.91 Å². The quantitative estimate of drug-likeness (QED) is 0.637. The third kappa shape index (κ3) is 4.00. The Morgan fingerprint density at radius 3 is 3.00 bits per heavy atom. The predicted octanol–water partition coefficient (Wildman–Crippen LogP) is 0.465. The van der Waals surface area contributed by atoms with E-state index < -0.39 is 0 Å². The molecule has 3 nitrogen and oxygen atoms in total. The topological polar surface area (TPSA) is 41.1 Å². The van der Waals surface area contributed by atoms with Crippen molar-refractivity contribution in [3.05, 3.63) is 0 Å². The number of hydrogen-bond donors (Lipinski definition) is 2. The van der Waals surface area contributed by atoms with Crippen LogP contribution >= 0.6 is 11.8 Å². The molecule has 0 bridgehead atoms. The lowest BCUT2D eigenvalue weighted by atomic mass is 10.1. The Hall–Kier alpha value is -0.220. The van der Waals surface area contributed by atoms with Crippen LogP contribution in [0.2, 0.25) is 0 Å². The minimum atomic E-state index is 0.251. The number of carbonyl (C=O) groups excluding carboxylic acids is 1. The van der Waals surface area contributed by atoms with Gasteiger partial charge in [-0.15, -0.1) is 0 Å². The normalized spacial score (nSPS) is 21.8. The average Bonchev–Trinajstić information content (AvgIpc) is 2.65. The molecule has 0 aromatic rings. The second-order valence-corrected chi connectivity index (χ2v) is 4.46. The molecule has 1 amide bonds. The summed E-state index contributed by atoms with van der Waals surface area (Å²) in [6.45, 7) is 1.78. The van der Waals surface area contributed by atoms with E-state index in [4.69, 9.17) is 0 Å². The van der Waals surface area contributed by atoms with Gasteiger partial charge < -0.3 is 10.6 Å². The molecule has 4 heteroatoms. The van der Waals surface area contributed by atoms with Gasteiger partial charge in [0, 0.05) is 18.2 Å². The van der Waals surface area contributed by atoms with Crippen molar-refractivity contribution in [2.45, 2.75) is 12.8 Å². The van der Waals surface area contributed by atoms with E-state index in [9.17, 15) is 4.79 Å². The highest BCUT2D eigenvalue weighted by Gasteiger charge is 2.22. The van der Waals surface area contributed by atoms with Gasteiger partial charge in [0.15, 0.2) is 0 Å². The van der Waals surface area contributed by atoms with Crippen LogP contribution in [0, 0.1) is 5.92 Å². The van der Waals surface area contributed by atoms with Gasteiger partial charge >= 0.3 is 0 Å². The van der Waals surface area contributed by atoms with Gasteiger partial charge in [-0.1, -0.05) is 0 Å². The molecular formula is C9H18N2OS. The monoisotopic (exact) mass is 202 g/mol. The van der Waals surface area contributed by atoms with Crippen LogP contribution in [0.1, 0.15) is 12.8 Å². The Morgan fingerprint density at radius 1 is 1.54 bits per heavy atom. The van der Waals surface area contributed by atoms with Crippen molar-refractivity contribution in [3.63, 3.8) is 0 Å². The van der Waals surface area contributed by atoms with Crippen molar-refractivity contribution in [3.8, 4) is 0 Å². The third-order valence-corrected chi connectivity index (χ3v) is 3.37. The van der Waals surface area contributed by atoms with E-state index in [0.717, 1.165) is 37.4 Å². The summed E-state index contributed by atoms with van der Waals surface area (Å²) in [4.78, 5) is 11.5. The fourth-order valence-electron chi connectivity index (χ4n) is 1.36. The first kappa shape index (κ1) is 10.9. The van der Waals surface area contributed by atoms with Crippen LogP contribution in [-0.2, 0) is 4.79 Å². The number of nitrogens with one attached hydrogen (secondary N) is 2. The summed E-state index contributed by atoms with van der Waals surface area (Å²) >= 11 is 1.88. The Morgan fingerprint density at radius 2 is 2.38 bits per heavy atom. The van der Waals surface area contributed by atoms with Gasteiger partial charge in [0.25, 0.3) is 0 Å². The standard InChI is InChI=1S/C9H18N2OS/c1-10-4-2-5-11-9(12)8-3-6-13-7-8/h8,10H,2-7H2,1H3,(H,11,12). The van der Waals surface area contributed by atoms with Crippen LogP contribution in [0.5, 0.6) is 0 Å². The highest BCUT2D eigenvalue weighted by molar-refractivity contribution is 7.99. The molecule has 2 N–H and O–H groups in total. The second kappa shape index (κ2) is 6.27. The van der Waals surface area contributed by atoms with Crippen LogP contribution in [0.25, 0.3) is 0 Å². The van der Waals surface area contributed by atoms with Crippen molar-refractivity contribution in [2.24, 2.45) is 5.92 Å². The van der Waals surface area contributed by atoms with Crippen LogP contribution in [0.3, 0.4) is 0 Å². The number of hydrogen-bond acceptors (Lipinski definition) is 3. The number of carbonyl (C=O) groups is 1. The third-order valence-electron chi connectivity index (χ3n) is 2.20. The van der Waals surface area contributed by atoms with Crippen molar-refractivity contribution >= 4 is 17.7 Å². The summed E-state index contributed by atoms with van der Waals surface area (Å²) in [5, 5.41) is 6.02. The zero-order valence-corrected chi connectivity index (χ0v) is 8.95. The molecule has 0 spiro atoms. The molecule has 0 saturated carbocycles. The second-order valence-electron chi connectivity index (χ2n) is 3.31. The fraction of sp³-hybridized carbons (Fsp3) is 0.889. The van der Waals surface area contributed by atoms with E-state index in [2.05, 4.69) is 10.6 Å². The average molecular weight is 202 g/mol. The first-order valence-corrected chi connectivity index (χ1v) is 6.00. The molecule has 1 rings (SSSR count). The zero-order valence-electron chi connectivity index (χ0n) is 8.14. The number of thioether (sulfide) groups is 1. The van der Waals surface area contributed by atoms with E-state index >= 15 is 0 Å². The molecule has 1 aliphatic rings. The summed E-state index contributed by atoms with van der Waals surface area (Å²) in [6.07, 6.45) is 2.07. The molecule has 1 unspecified atom stereocenters. The first-order chi connectivity index (χ1) is 6.34. The molecular weight excluding hydrogens is 184 g/mol. The smallest absolute Gasteiger partial charge is 0.223 e. The van der Waals surface area contributed by atoms with E-state index in [-0.39, 0.29) is 11.8 Å². The Balaban J connectivity index is 2.03. The lowest BCUT2D eigenvalue weighted by Gasteiger charge is -2.09. The number of rotatable bonds is 5. The fourth-order valence-corrected chi connectivity index (χ4v) is 2.58. The van der Waals surface area contributed by atoms with Gasteiger partial charge in [-0.25, -0.2) is 0 Å². The van der Waals surface area contributed by atoms with Crippen LogP contribution in [-0.4, -0.2) is 37.6 Å². The summed E-state index contributed by atoms with van der Waals surface area (Å²) in [5.41, 5.74) is 0. The van der Waals surface area contributed by atoms with Crippen LogP contribution < -0.4 is 10.6 Å². The van der Waals surface area contributed by atoms with Gasteiger partial charge in [-0.2, -0.15) is 11.8 Å². The van der Waals surface area contributed by atoms with Gasteiger partial charge in [-0.05, 0) is 32.2 Å². The number of amides is 1. The van der Waals surface area contributed by atoms with Crippen LogP contribution in [0.4, 0.5) is 0 Å². The molecule has 13 heavy (non-hydrogen) atoms. The van der Waals surface area contributed by atoms with Gasteiger partial charge in [0.1, 0.15) is 0 Å². The molecule has 76 valence electrons. The molecule has 1 heterocycles. The molecule has 1 aliphatic heterocycles.